The molecule has 0 spiro atoms. The molecule has 0 rings (SSSR count). The summed E-state index contributed by atoms with van der Waals surface area (Å²) >= 11 is 0. The molecule has 0 aliphatic rings. The first-order chi connectivity index (χ1) is 10.5. The van der Waals surface area contributed by atoms with Gasteiger partial charge in [-0.25, -0.2) is 0 Å². The quantitative estimate of drug-likeness (QED) is 0.241. The Morgan fingerprint density at radius 3 is 1.86 bits per heavy atom. The molecule has 0 bridgehead atoms. The maximum absolute atomic E-state index is 12.6. The van der Waals surface area contributed by atoms with Crippen molar-refractivity contribution in [3.63, 3.8) is 0 Å². The lowest BCUT2D eigenvalue weighted by Crippen LogP contribution is -2.46. The molecule has 0 unspecified atom stereocenters. The molecule has 3 heteroatoms. The summed E-state index contributed by atoms with van der Waals surface area (Å²) in [6, 6.07) is 0. The molecule has 129 valence electrons. The maximum Gasteiger partial charge on any atom is 0.312 e. The van der Waals surface area contributed by atoms with E-state index < -0.39 is 0 Å². The van der Waals surface area contributed by atoms with Crippen molar-refractivity contribution in [2.45, 2.75) is 98.6 Å². The van der Waals surface area contributed by atoms with Crippen LogP contribution in [0.5, 0.6) is 0 Å². The molecule has 1 radical (unpaired) electrons. The van der Waals surface area contributed by atoms with Gasteiger partial charge in [-0.3, -0.25) is 4.79 Å². The molecule has 0 amide bonds. The highest BCUT2D eigenvalue weighted by Gasteiger charge is 2.51. The number of carbonyl (C=O) groups is 1. The number of rotatable bonds is 13. The number of carbonyl (C=O) groups excluding carboxylic acids is 1. The number of hydrogen-bond acceptors (Lipinski definition) is 2. The van der Waals surface area contributed by atoms with Crippen molar-refractivity contribution < 1.29 is 9.53 Å². The minimum absolute atomic E-state index is 0.0114. The molecule has 22 heavy (non-hydrogen) atoms. The fourth-order valence-corrected chi connectivity index (χ4v) is 3.84. The Morgan fingerprint density at radius 1 is 1.00 bits per heavy atom. The molecule has 0 aromatic carbocycles. The zero-order valence-electron chi connectivity index (χ0n) is 16.0. The third-order valence-electron chi connectivity index (χ3n) is 5.68. The number of esters is 1. The summed E-state index contributed by atoms with van der Waals surface area (Å²) in [6.07, 6.45) is 11.4. The number of ether oxygens (including phenoxy) is 1. The molecule has 1 atom stereocenters. The molecule has 0 N–H and O–H groups in total. The van der Waals surface area contributed by atoms with Crippen molar-refractivity contribution in [2.75, 3.05) is 7.11 Å². The van der Waals surface area contributed by atoms with Crippen molar-refractivity contribution in [1.29, 1.82) is 0 Å². The average molecular weight is 309 g/mol. The lowest BCUT2D eigenvalue weighted by molar-refractivity contribution is -0.163. The van der Waals surface area contributed by atoms with Gasteiger partial charge in [0, 0.05) is 0 Å². The molecule has 0 aliphatic carbocycles. The lowest BCUT2D eigenvalue weighted by atomic mass is 9.55. The van der Waals surface area contributed by atoms with Crippen LogP contribution in [0.3, 0.4) is 0 Å². The summed E-state index contributed by atoms with van der Waals surface area (Å²) in [5.41, 5.74) is -0.274. The minimum Gasteiger partial charge on any atom is -0.469 e. The van der Waals surface area contributed by atoms with Gasteiger partial charge in [0.05, 0.1) is 12.5 Å². The second-order valence-corrected chi connectivity index (χ2v) is 6.97. The Bertz CT molecular complexity index is 296. The molecule has 0 heterocycles. The zero-order chi connectivity index (χ0) is 17.1. The van der Waals surface area contributed by atoms with Crippen LogP contribution in [0.25, 0.3) is 0 Å². The summed E-state index contributed by atoms with van der Waals surface area (Å²) < 4.78 is 5.23. The van der Waals surface area contributed by atoms with Gasteiger partial charge in [-0.05, 0) is 38.0 Å². The van der Waals surface area contributed by atoms with Gasteiger partial charge >= 0.3 is 5.97 Å². The van der Waals surface area contributed by atoms with Gasteiger partial charge in [-0.1, -0.05) is 66.0 Å². The monoisotopic (exact) mass is 309 g/mol. The molecule has 0 aromatic rings. The van der Waals surface area contributed by atoms with Crippen molar-refractivity contribution >= 4 is 13.2 Å². The normalized spacial score (nSPS) is 14.5. The van der Waals surface area contributed by atoms with Gasteiger partial charge in [0.25, 0.3) is 0 Å². The molecule has 0 saturated carbocycles. The number of hydrogen-bond donors (Lipinski definition) is 0. The third kappa shape index (κ3) is 5.31. The summed E-state index contributed by atoms with van der Waals surface area (Å²) in [4.78, 5) is 12.6. The van der Waals surface area contributed by atoms with Crippen LogP contribution in [0.1, 0.15) is 85.5 Å². The van der Waals surface area contributed by atoms with Crippen LogP contribution in [0, 0.1) is 10.8 Å². The first kappa shape index (κ1) is 21.5. The Kier molecular flexibility index (Phi) is 10.9. The molecule has 0 saturated heterocycles. The van der Waals surface area contributed by atoms with Gasteiger partial charge in [-0.2, -0.15) is 0 Å². The smallest absolute Gasteiger partial charge is 0.312 e. The largest absolute Gasteiger partial charge is 0.469 e. The summed E-state index contributed by atoms with van der Waals surface area (Å²) in [5, 5.41) is 0. The molecule has 2 nitrogen and oxygen atoms in total. The predicted octanol–water partition coefficient (Wildman–Crippen LogP) is 5.89. The van der Waals surface area contributed by atoms with Crippen molar-refractivity contribution in [1.82, 2.24) is 0 Å². The minimum atomic E-state index is -0.361. The first-order valence-electron chi connectivity index (χ1n) is 9.34. The Balaban J connectivity index is 5.56. The SMILES string of the molecule is C[B]CCCC(CCCC)(CCCC)[C@@](C)(CC)C(=O)OC. The fourth-order valence-electron chi connectivity index (χ4n) is 3.84. The Morgan fingerprint density at radius 2 is 1.50 bits per heavy atom. The van der Waals surface area contributed by atoms with Crippen LogP contribution >= 0.6 is 0 Å². The van der Waals surface area contributed by atoms with Gasteiger partial charge in [-0.15, -0.1) is 0 Å². The van der Waals surface area contributed by atoms with E-state index in [1.165, 1.54) is 32.1 Å². The van der Waals surface area contributed by atoms with E-state index in [2.05, 4.69) is 41.8 Å². The van der Waals surface area contributed by atoms with Crippen LogP contribution in [0.15, 0.2) is 0 Å². The van der Waals surface area contributed by atoms with Crippen LogP contribution in [0.4, 0.5) is 0 Å². The highest BCUT2D eigenvalue weighted by Crippen LogP contribution is 2.53. The van der Waals surface area contributed by atoms with Gasteiger partial charge in [0.15, 0.2) is 0 Å². The standard InChI is InChI=1S/C19H38BO2/c1-7-10-13-19(14-11-8-2,15-12-16-20-5)18(4,9-3)17(21)22-6/h7-16H2,1-6H3/t18-/m0/s1. The van der Waals surface area contributed by atoms with Crippen molar-refractivity contribution in [3.8, 4) is 0 Å². The molecular weight excluding hydrogens is 271 g/mol. The van der Waals surface area contributed by atoms with E-state index in [9.17, 15) is 4.79 Å². The average Bonchev–Trinajstić information content (AvgIpc) is 2.55. The van der Waals surface area contributed by atoms with E-state index in [-0.39, 0.29) is 16.8 Å². The van der Waals surface area contributed by atoms with E-state index in [0.717, 1.165) is 32.0 Å². The van der Waals surface area contributed by atoms with E-state index in [4.69, 9.17) is 4.74 Å². The maximum atomic E-state index is 12.6. The third-order valence-corrected chi connectivity index (χ3v) is 5.68. The molecule has 0 aliphatic heterocycles. The first-order valence-corrected chi connectivity index (χ1v) is 9.34. The summed E-state index contributed by atoms with van der Waals surface area (Å²) in [5.74, 6) is -0.0114. The second kappa shape index (κ2) is 11.1. The van der Waals surface area contributed by atoms with Crippen LogP contribution in [0.2, 0.25) is 13.1 Å². The summed E-state index contributed by atoms with van der Waals surface area (Å²) in [6.45, 7) is 10.9. The molecule has 0 aromatic heterocycles. The van der Waals surface area contributed by atoms with Gasteiger partial charge < -0.3 is 4.74 Å². The number of methoxy groups -OCH3 is 1. The van der Waals surface area contributed by atoms with Crippen LogP contribution < -0.4 is 0 Å². The van der Waals surface area contributed by atoms with E-state index in [1.54, 1.807) is 7.11 Å². The van der Waals surface area contributed by atoms with Crippen molar-refractivity contribution in [3.05, 3.63) is 0 Å². The van der Waals surface area contributed by atoms with Crippen LogP contribution in [-0.2, 0) is 9.53 Å². The van der Waals surface area contributed by atoms with Gasteiger partial charge in [0.2, 0.25) is 0 Å². The van der Waals surface area contributed by atoms with Gasteiger partial charge in [0.1, 0.15) is 7.28 Å². The zero-order valence-corrected chi connectivity index (χ0v) is 16.0. The van der Waals surface area contributed by atoms with E-state index in [1.807, 2.05) is 0 Å². The Labute approximate surface area is 140 Å². The lowest BCUT2D eigenvalue weighted by Gasteiger charge is -2.47. The fraction of sp³-hybridized carbons (Fsp3) is 0.947. The highest BCUT2D eigenvalue weighted by molar-refractivity contribution is 6.33. The summed E-state index contributed by atoms with van der Waals surface area (Å²) in [7, 11) is 3.78. The molecule has 0 fully saturated rings. The van der Waals surface area contributed by atoms with Crippen LogP contribution in [-0.4, -0.2) is 20.4 Å². The van der Waals surface area contributed by atoms with E-state index >= 15 is 0 Å². The van der Waals surface area contributed by atoms with E-state index in [0.29, 0.717) is 0 Å². The predicted molar refractivity (Wildman–Crippen MR) is 97.6 cm³/mol. The number of unbranched alkanes of at least 4 members (excludes halogenated alkanes) is 2. The second-order valence-electron chi connectivity index (χ2n) is 6.97. The topological polar surface area (TPSA) is 26.3 Å². The highest BCUT2D eigenvalue weighted by atomic mass is 16.5. The van der Waals surface area contributed by atoms with Crippen molar-refractivity contribution in [2.24, 2.45) is 10.8 Å². The molecular formula is C19H38BO2. The Hall–Kier alpha value is -0.465.